The number of nitrogens with one attached hydrogen (secondary N) is 1. The van der Waals surface area contributed by atoms with E-state index < -0.39 is 0 Å². The van der Waals surface area contributed by atoms with Crippen molar-refractivity contribution in [1.82, 2.24) is 4.98 Å². The Morgan fingerprint density at radius 3 is 2.56 bits per heavy atom. The fraction of sp³-hybridized carbons (Fsp3) is 0.192. The molecule has 0 saturated carbocycles. The molecule has 1 aromatic heterocycles. The molecule has 8 heteroatoms. The standard InChI is InChI=1S/C26H26N4O3S/c1-2-33-25(31)14-15-30(21-6-4-3-5-7-21)26(32)18-8-13-23-22(16-18)29-24(34-23)17-28-20-11-9-19(27)10-12-20/h3-13,16,28H,2,14-15,17,27H2,1H3. The van der Waals surface area contributed by atoms with E-state index in [1.807, 2.05) is 60.7 Å². The number of fused-ring (bicyclic) bond motifs is 1. The van der Waals surface area contributed by atoms with Gasteiger partial charge in [0.2, 0.25) is 0 Å². The number of nitrogen functional groups attached to an aromatic ring is 1. The molecule has 4 rings (SSSR count). The maximum Gasteiger partial charge on any atom is 0.307 e. The van der Waals surface area contributed by atoms with Crippen LogP contribution in [0.4, 0.5) is 17.1 Å². The molecule has 0 saturated heterocycles. The van der Waals surface area contributed by atoms with Crippen LogP contribution in [0.2, 0.25) is 0 Å². The summed E-state index contributed by atoms with van der Waals surface area (Å²) in [6.45, 7) is 2.88. The highest BCUT2D eigenvalue weighted by Crippen LogP contribution is 2.26. The number of nitrogens with two attached hydrogens (primary N) is 1. The SMILES string of the molecule is CCOC(=O)CCN(C(=O)c1ccc2sc(CNc3ccc(N)cc3)nc2c1)c1ccccc1. The van der Waals surface area contributed by atoms with Crippen molar-refractivity contribution in [1.29, 1.82) is 0 Å². The van der Waals surface area contributed by atoms with Gasteiger partial charge in [0.15, 0.2) is 0 Å². The van der Waals surface area contributed by atoms with Crippen molar-refractivity contribution in [3.63, 3.8) is 0 Å². The Labute approximate surface area is 202 Å². The molecule has 0 radical (unpaired) electrons. The van der Waals surface area contributed by atoms with Gasteiger partial charge in [-0.05, 0) is 61.5 Å². The van der Waals surface area contributed by atoms with Crippen LogP contribution in [0.25, 0.3) is 10.2 Å². The lowest BCUT2D eigenvalue weighted by atomic mass is 10.1. The molecule has 0 fully saturated rings. The fourth-order valence-corrected chi connectivity index (χ4v) is 4.40. The zero-order chi connectivity index (χ0) is 23.9. The third-order valence-corrected chi connectivity index (χ3v) is 6.23. The number of carbonyl (C=O) groups excluding carboxylic acids is 2. The number of para-hydroxylation sites is 1. The molecule has 0 unspecified atom stereocenters. The lowest BCUT2D eigenvalue weighted by Crippen LogP contribution is -2.33. The number of amides is 1. The predicted molar refractivity (Wildman–Crippen MR) is 137 cm³/mol. The van der Waals surface area contributed by atoms with Crippen molar-refractivity contribution < 1.29 is 14.3 Å². The number of benzene rings is 3. The van der Waals surface area contributed by atoms with Gasteiger partial charge in [0, 0.05) is 29.2 Å². The van der Waals surface area contributed by atoms with E-state index in [1.54, 1.807) is 35.3 Å². The number of aromatic nitrogens is 1. The average molecular weight is 475 g/mol. The van der Waals surface area contributed by atoms with Crippen molar-refractivity contribution in [2.45, 2.75) is 19.9 Å². The number of rotatable bonds is 9. The van der Waals surface area contributed by atoms with E-state index in [9.17, 15) is 9.59 Å². The van der Waals surface area contributed by atoms with Crippen LogP contribution >= 0.6 is 11.3 Å². The maximum atomic E-state index is 13.4. The van der Waals surface area contributed by atoms with Crippen molar-refractivity contribution >= 4 is 50.5 Å². The van der Waals surface area contributed by atoms with Crippen LogP contribution in [0, 0.1) is 0 Å². The quantitative estimate of drug-likeness (QED) is 0.259. The van der Waals surface area contributed by atoms with Crippen LogP contribution in [-0.2, 0) is 16.1 Å². The minimum absolute atomic E-state index is 0.119. The van der Waals surface area contributed by atoms with Gasteiger partial charge >= 0.3 is 5.97 Å². The van der Waals surface area contributed by atoms with Gasteiger partial charge in [-0.25, -0.2) is 4.98 Å². The van der Waals surface area contributed by atoms with Crippen LogP contribution in [-0.4, -0.2) is 30.0 Å². The molecule has 1 heterocycles. The van der Waals surface area contributed by atoms with Gasteiger partial charge in [-0.15, -0.1) is 11.3 Å². The van der Waals surface area contributed by atoms with Gasteiger partial charge in [0.05, 0.1) is 29.8 Å². The van der Waals surface area contributed by atoms with Crippen LogP contribution in [0.1, 0.15) is 28.7 Å². The number of hydrogen-bond donors (Lipinski definition) is 2. The van der Waals surface area contributed by atoms with Crippen LogP contribution in [0.5, 0.6) is 0 Å². The third-order valence-electron chi connectivity index (χ3n) is 5.19. The molecular formula is C26H26N4O3S. The van der Waals surface area contributed by atoms with Crippen LogP contribution in [0.3, 0.4) is 0 Å². The summed E-state index contributed by atoms with van der Waals surface area (Å²) in [5.74, 6) is -0.517. The van der Waals surface area contributed by atoms with E-state index in [0.29, 0.717) is 18.7 Å². The molecule has 0 aliphatic heterocycles. The summed E-state index contributed by atoms with van der Waals surface area (Å²) in [6, 6.07) is 22.4. The zero-order valence-electron chi connectivity index (χ0n) is 18.9. The molecule has 0 bridgehead atoms. The minimum atomic E-state index is -0.329. The minimum Gasteiger partial charge on any atom is -0.466 e. The highest BCUT2D eigenvalue weighted by atomic mass is 32.1. The lowest BCUT2D eigenvalue weighted by molar-refractivity contribution is -0.142. The molecule has 0 aliphatic carbocycles. The first-order valence-corrected chi connectivity index (χ1v) is 11.9. The lowest BCUT2D eigenvalue weighted by Gasteiger charge is -2.22. The summed E-state index contributed by atoms with van der Waals surface area (Å²) < 4.78 is 6.04. The first-order chi connectivity index (χ1) is 16.5. The molecule has 4 aromatic rings. The smallest absolute Gasteiger partial charge is 0.307 e. The summed E-state index contributed by atoms with van der Waals surface area (Å²) in [5.41, 5.74) is 9.43. The van der Waals surface area contributed by atoms with E-state index >= 15 is 0 Å². The van der Waals surface area contributed by atoms with E-state index in [-0.39, 0.29) is 24.8 Å². The molecule has 0 aliphatic rings. The van der Waals surface area contributed by atoms with Crippen LogP contribution in [0.15, 0.2) is 72.8 Å². The Bertz CT molecular complexity index is 1270. The zero-order valence-corrected chi connectivity index (χ0v) is 19.7. The molecule has 3 aromatic carbocycles. The summed E-state index contributed by atoms with van der Waals surface area (Å²) in [4.78, 5) is 31.7. The van der Waals surface area contributed by atoms with Gasteiger partial charge in [0.25, 0.3) is 5.91 Å². The van der Waals surface area contributed by atoms with E-state index in [2.05, 4.69) is 5.32 Å². The molecule has 0 spiro atoms. The third kappa shape index (κ3) is 5.71. The topological polar surface area (TPSA) is 97.5 Å². The highest BCUT2D eigenvalue weighted by Gasteiger charge is 2.20. The summed E-state index contributed by atoms with van der Waals surface area (Å²) in [6.07, 6.45) is 0.119. The van der Waals surface area contributed by atoms with E-state index in [4.69, 9.17) is 15.5 Å². The first-order valence-electron chi connectivity index (χ1n) is 11.0. The number of esters is 1. The number of anilines is 3. The normalized spacial score (nSPS) is 10.7. The number of carbonyl (C=O) groups is 2. The molecule has 0 atom stereocenters. The monoisotopic (exact) mass is 474 g/mol. The average Bonchev–Trinajstić information content (AvgIpc) is 3.27. The van der Waals surface area contributed by atoms with Crippen LogP contribution < -0.4 is 16.0 Å². The molecule has 174 valence electrons. The Kier molecular flexibility index (Phi) is 7.39. The van der Waals surface area contributed by atoms with Crippen molar-refractivity contribution in [2.24, 2.45) is 0 Å². The predicted octanol–water partition coefficient (Wildman–Crippen LogP) is 5.09. The number of ether oxygens (including phenoxy) is 1. The summed E-state index contributed by atoms with van der Waals surface area (Å²) in [7, 11) is 0. The molecule has 34 heavy (non-hydrogen) atoms. The van der Waals surface area contributed by atoms with Crippen molar-refractivity contribution in [2.75, 3.05) is 29.1 Å². The largest absolute Gasteiger partial charge is 0.466 e. The van der Waals surface area contributed by atoms with Crippen molar-refractivity contribution in [3.8, 4) is 0 Å². The van der Waals surface area contributed by atoms with Gasteiger partial charge in [-0.2, -0.15) is 0 Å². The molecule has 1 amide bonds. The first kappa shape index (κ1) is 23.3. The number of thiazole rings is 1. The molecule has 7 nitrogen and oxygen atoms in total. The van der Waals surface area contributed by atoms with Gasteiger partial charge in [0.1, 0.15) is 5.01 Å². The van der Waals surface area contributed by atoms with Gasteiger partial charge in [-0.3, -0.25) is 9.59 Å². The number of nitrogens with zero attached hydrogens (tertiary/aromatic N) is 2. The van der Waals surface area contributed by atoms with Gasteiger partial charge in [-0.1, -0.05) is 18.2 Å². The second kappa shape index (κ2) is 10.8. The Hall–Kier alpha value is -3.91. The molecule has 3 N–H and O–H groups in total. The fourth-order valence-electron chi connectivity index (χ4n) is 3.51. The van der Waals surface area contributed by atoms with E-state index in [1.165, 1.54) is 0 Å². The second-order valence-electron chi connectivity index (χ2n) is 7.61. The Morgan fingerprint density at radius 1 is 1.06 bits per heavy atom. The highest BCUT2D eigenvalue weighted by molar-refractivity contribution is 7.18. The maximum absolute atomic E-state index is 13.4. The summed E-state index contributed by atoms with van der Waals surface area (Å²) >= 11 is 1.58. The van der Waals surface area contributed by atoms with Crippen molar-refractivity contribution in [3.05, 3.63) is 83.4 Å². The Balaban J connectivity index is 1.52. The Morgan fingerprint density at radius 2 is 1.82 bits per heavy atom. The number of hydrogen-bond acceptors (Lipinski definition) is 7. The second-order valence-corrected chi connectivity index (χ2v) is 8.73. The summed E-state index contributed by atoms with van der Waals surface area (Å²) in [5, 5.41) is 4.25. The van der Waals surface area contributed by atoms with Gasteiger partial charge < -0.3 is 20.7 Å². The van der Waals surface area contributed by atoms with E-state index in [0.717, 1.165) is 32.3 Å². The molecular weight excluding hydrogens is 448 g/mol.